The standard InChI is InChI=1S/C20H26N4O2/c1-3-16-9-6-7-13-24(16)19(25)17-11-12-21-20(23-17)22-14-15-8-4-5-10-18(15)26-2/h4-5,8,10-12,16H,3,6-7,9,13-14H2,1-2H3,(H,21,22,23). The molecule has 1 aromatic carbocycles. The third-order valence-electron chi connectivity index (χ3n) is 4.86. The second-order valence-corrected chi connectivity index (χ2v) is 6.49. The SMILES string of the molecule is CCC1CCCCN1C(=O)c1ccnc(NCc2ccccc2OC)n1. The molecule has 1 aliphatic rings. The van der Waals surface area contributed by atoms with Crippen LogP contribution in [-0.2, 0) is 6.54 Å². The molecule has 0 radical (unpaired) electrons. The lowest BCUT2D eigenvalue weighted by Crippen LogP contribution is -2.43. The van der Waals surface area contributed by atoms with E-state index < -0.39 is 0 Å². The van der Waals surface area contributed by atoms with E-state index in [0.717, 1.165) is 37.1 Å². The van der Waals surface area contributed by atoms with E-state index in [0.29, 0.717) is 24.2 Å². The Morgan fingerprint density at radius 3 is 2.96 bits per heavy atom. The fourth-order valence-corrected chi connectivity index (χ4v) is 3.43. The zero-order valence-corrected chi connectivity index (χ0v) is 15.4. The summed E-state index contributed by atoms with van der Waals surface area (Å²) in [6.45, 7) is 3.48. The highest BCUT2D eigenvalue weighted by atomic mass is 16.5. The van der Waals surface area contributed by atoms with Gasteiger partial charge in [-0.05, 0) is 37.8 Å². The highest BCUT2D eigenvalue weighted by Gasteiger charge is 2.27. The lowest BCUT2D eigenvalue weighted by molar-refractivity contribution is 0.0602. The second kappa shape index (κ2) is 8.65. The molecule has 0 saturated carbocycles. The van der Waals surface area contributed by atoms with E-state index in [2.05, 4.69) is 22.2 Å². The normalized spacial score (nSPS) is 17.0. The van der Waals surface area contributed by atoms with Gasteiger partial charge in [0, 0.05) is 30.9 Å². The van der Waals surface area contributed by atoms with Gasteiger partial charge in [-0.15, -0.1) is 0 Å². The molecule has 1 aliphatic heterocycles. The third kappa shape index (κ3) is 4.12. The summed E-state index contributed by atoms with van der Waals surface area (Å²) in [7, 11) is 1.65. The molecule has 0 bridgehead atoms. The van der Waals surface area contributed by atoms with Crippen molar-refractivity contribution in [1.29, 1.82) is 0 Å². The predicted octanol–water partition coefficient (Wildman–Crippen LogP) is 3.50. The topological polar surface area (TPSA) is 67.4 Å². The first-order valence-corrected chi connectivity index (χ1v) is 9.22. The first-order chi connectivity index (χ1) is 12.7. The molecule has 1 unspecified atom stereocenters. The molecule has 1 saturated heterocycles. The van der Waals surface area contributed by atoms with Crippen molar-refractivity contribution in [1.82, 2.24) is 14.9 Å². The van der Waals surface area contributed by atoms with Crippen LogP contribution >= 0.6 is 0 Å². The number of nitrogens with one attached hydrogen (secondary N) is 1. The Morgan fingerprint density at radius 2 is 2.15 bits per heavy atom. The van der Waals surface area contributed by atoms with Gasteiger partial charge in [0.1, 0.15) is 11.4 Å². The fourth-order valence-electron chi connectivity index (χ4n) is 3.43. The van der Waals surface area contributed by atoms with Gasteiger partial charge in [0.15, 0.2) is 0 Å². The van der Waals surface area contributed by atoms with Crippen molar-refractivity contribution in [3.63, 3.8) is 0 Å². The van der Waals surface area contributed by atoms with Crippen LogP contribution < -0.4 is 10.1 Å². The maximum Gasteiger partial charge on any atom is 0.272 e. The number of aromatic nitrogens is 2. The minimum Gasteiger partial charge on any atom is -0.496 e. The van der Waals surface area contributed by atoms with E-state index >= 15 is 0 Å². The molecule has 3 rings (SSSR count). The number of amides is 1. The van der Waals surface area contributed by atoms with E-state index in [4.69, 9.17) is 4.74 Å². The minimum absolute atomic E-state index is 0.000656. The molecule has 1 N–H and O–H groups in total. The number of likely N-dealkylation sites (tertiary alicyclic amines) is 1. The largest absolute Gasteiger partial charge is 0.496 e. The summed E-state index contributed by atoms with van der Waals surface area (Å²) < 4.78 is 5.36. The zero-order valence-electron chi connectivity index (χ0n) is 15.4. The third-order valence-corrected chi connectivity index (χ3v) is 4.86. The summed E-state index contributed by atoms with van der Waals surface area (Å²) in [5.41, 5.74) is 1.46. The number of anilines is 1. The van der Waals surface area contributed by atoms with Crippen molar-refractivity contribution in [2.45, 2.75) is 45.2 Å². The van der Waals surface area contributed by atoms with Gasteiger partial charge in [-0.1, -0.05) is 25.1 Å². The molecule has 2 heterocycles. The molecule has 26 heavy (non-hydrogen) atoms. The number of benzene rings is 1. The van der Waals surface area contributed by atoms with Gasteiger partial charge in [0.05, 0.1) is 7.11 Å². The van der Waals surface area contributed by atoms with Crippen LogP contribution in [0, 0.1) is 0 Å². The molecule has 1 amide bonds. The number of nitrogens with zero attached hydrogens (tertiary/aromatic N) is 3. The first kappa shape index (κ1) is 18.2. The van der Waals surface area contributed by atoms with Crippen molar-refractivity contribution in [2.75, 3.05) is 19.0 Å². The number of carbonyl (C=O) groups is 1. The second-order valence-electron chi connectivity index (χ2n) is 6.49. The maximum atomic E-state index is 12.9. The number of para-hydroxylation sites is 1. The number of carbonyl (C=O) groups excluding carboxylic acids is 1. The Morgan fingerprint density at radius 1 is 1.31 bits per heavy atom. The van der Waals surface area contributed by atoms with Crippen LogP contribution in [-0.4, -0.2) is 40.5 Å². The van der Waals surface area contributed by atoms with Gasteiger partial charge < -0.3 is 15.0 Å². The number of methoxy groups -OCH3 is 1. The van der Waals surface area contributed by atoms with Gasteiger partial charge in [-0.2, -0.15) is 0 Å². The van der Waals surface area contributed by atoms with Gasteiger partial charge >= 0.3 is 0 Å². The van der Waals surface area contributed by atoms with Crippen molar-refractivity contribution in [3.05, 3.63) is 47.8 Å². The highest BCUT2D eigenvalue weighted by molar-refractivity contribution is 5.92. The Bertz CT molecular complexity index is 750. The number of ether oxygens (including phenoxy) is 1. The summed E-state index contributed by atoms with van der Waals surface area (Å²) in [6, 6.07) is 9.80. The number of piperidine rings is 1. The Balaban J connectivity index is 1.70. The van der Waals surface area contributed by atoms with Crippen LogP contribution in [0.2, 0.25) is 0 Å². The Labute approximate surface area is 154 Å². The molecule has 2 aromatic rings. The van der Waals surface area contributed by atoms with Crippen molar-refractivity contribution < 1.29 is 9.53 Å². The number of rotatable bonds is 6. The molecule has 6 heteroatoms. The summed E-state index contributed by atoms with van der Waals surface area (Å²) >= 11 is 0. The van der Waals surface area contributed by atoms with Gasteiger partial charge in [0.2, 0.25) is 5.95 Å². The number of hydrogen-bond acceptors (Lipinski definition) is 5. The lowest BCUT2D eigenvalue weighted by atomic mass is 9.99. The Kier molecular flexibility index (Phi) is 6.04. The quantitative estimate of drug-likeness (QED) is 0.860. The average molecular weight is 354 g/mol. The van der Waals surface area contributed by atoms with Gasteiger partial charge in [-0.25, -0.2) is 9.97 Å². The van der Waals surface area contributed by atoms with Crippen molar-refractivity contribution >= 4 is 11.9 Å². The van der Waals surface area contributed by atoms with Crippen LogP contribution in [0.15, 0.2) is 36.5 Å². The van der Waals surface area contributed by atoms with Crippen LogP contribution in [0.4, 0.5) is 5.95 Å². The summed E-state index contributed by atoms with van der Waals surface area (Å²) in [5.74, 6) is 1.26. The van der Waals surface area contributed by atoms with Crippen molar-refractivity contribution in [2.24, 2.45) is 0 Å². The van der Waals surface area contributed by atoms with Gasteiger partial charge in [-0.3, -0.25) is 4.79 Å². The van der Waals surface area contributed by atoms with E-state index in [1.54, 1.807) is 19.4 Å². The summed E-state index contributed by atoms with van der Waals surface area (Å²) in [6.07, 6.45) is 5.95. The molecule has 0 spiro atoms. The van der Waals surface area contributed by atoms with E-state index in [1.165, 1.54) is 6.42 Å². The maximum absolute atomic E-state index is 12.9. The average Bonchev–Trinajstić information content (AvgIpc) is 2.72. The molecule has 6 nitrogen and oxygen atoms in total. The lowest BCUT2D eigenvalue weighted by Gasteiger charge is -2.35. The minimum atomic E-state index is -0.000656. The molecular weight excluding hydrogens is 328 g/mol. The van der Waals surface area contributed by atoms with Crippen LogP contribution in [0.3, 0.4) is 0 Å². The van der Waals surface area contributed by atoms with Gasteiger partial charge in [0.25, 0.3) is 5.91 Å². The molecule has 0 aliphatic carbocycles. The predicted molar refractivity (Wildman–Crippen MR) is 101 cm³/mol. The molecular formula is C20H26N4O2. The van der Waals surface area contributed by atoms with Crippen LogP contribution in [0.1, 0.15) is 48.7 Å². The molecule has 1 fully saturated rings. The first-order valence-electron chi connectivity index (χ1n) is 9.22. The number of hydrogen-bond donors (Lipinski definition) is 1. The smallest absolute Gasteiger partial charge is 0.272 e. The monoisotopic (exact) mass is 354 g/mol. The highest BCUT2D eigenvalue weighted by Crippen LogP contribution is 2.22. The summed E-state index contributed by atoms with van der Waals surface area (Å²) in [5, 5.41) is 3.19. The Hall–Kier alpha value is -2.63. The van der Waals surface area contributed by atoms with E-state index in [1.807, 2.05) is 29.2 Å². The van der Waals surface area contributed by atoms with E-state index in [-0.39, 0.29) is 5.91 Å². The van der Waals surface area contributed by atoms with Crippen molar-refractivity contribution in [3.8, 4) is 5.75 Å². The summed E-state index contributed by atoms with van der Waals surface area (Å²) in [4.78, 5) is 23.5. The van der Waals surface area contributed by atoms with Crippen LogP contribution in [0.5, 0.6) is 5.75 Å². The van der Waals surface area contributed by atoms with Crippen LogP contribution in [0.25, 0.3) is 0 Å². The molecule has 138 valence electrons. The van der Waals surface area contributed by atoms with E-state index in [9.17, 15) is 4.79 Å². The molecule has 1 atom stereocenters. The molecule has 1 aromatic heterocycles. The fraction of sp³-hybridized carbons (Fsp3) is 0.450. The zero-order chi connectivity index (χ0) is 18.4.